The van der Waals surface area contributed by atoms with Crippen molar-refractivity contribution >= 4 is 19.7 Å². The van der Waals surface area contributed by atoms with Crippen molar-refractivity contribution in [1.82, 2.24) is 0 Å². The van der Waals surface area contributed by atoms with Gasteiger partial charge in [0, 0.05) is 17.2 Å². The number of hydrogen-bond acceptors (Lipinski definition) is 4. The van der Waals surface area contributed by atoms with Crippen molar-refractivity contribution in [1.29, 1.82) is 5.26 Å². The third-order valence-electron chi connectivity index (χ3n) is 2.14. The molecule has 4 nitrogen and oxygen atoms in total. The van der Waals surface area contributed by atoms with Crippen LogP contribution in [0.3, 0.4) is 0 Å². The largest absolute Gasteiger partial charge is 0.418 e. The van der Waals surface area contributed by atoms with Gasteiger partial charge in [-0.15, -0.1) is 0 Å². The van der Waals surface area contributed by atoms with Gasteiger partial charge in [-0.1, -0.05) is 0 Å². The summed E-state index contributed by atoms with van der Waals surface area (Å²) < 4.78 is 60.7. The average Bonchev–Trinajstić information content (AvgIpc) is 2.24. The van der Waals surface area contributed by atoms with E-state index in [9.17, 15) is 21.6 Å². The van der Waals surface area contributed by atoms with Gasteiger partial charge in [0.15, 0.2) is 0 Å². The fraction of sp³-hybridized carbons (Fsp3) is 0.222. The Labute approximate surface area is 105 Å². The molecular formula is C9H6ClF3N2O2S. The number of hydrogen-bond donors (Lipinski definition) is 1. The summed E-state index contributed by atoms with van der Waals surface area (Å²) in [6.45, 7) is -0.703. The van der Waals surface area contributed by atoms with Crippen LogP contribution in [-0.2, 0) is 21.8 Å². The molecule has 0 unspecified atom stereocenters. The lowest BCUT2D eigenvalue weighted by Crippen LogP contribution is -2.17. The minimum absolute atomic E-state index is 0.702. The Hall–Kier alpha value is -1.30. The number of nitrogens with two attached hydrogens (primary N) is 1. The molecule has 0 aliphatic carbocycles. The molecule has 98 valence electrons. The summed E-state index contributed by atoms with van der Waals surface area (Å²) in [5, 5.41) is 8.62. The minimum atomic E-state index is -4.89. The van der Waals surface area contributed by atoms with Crippen LogP contribution in [0.4, 0.5) is 13.2 Å². The molecule has 18 heavy (non-hydrogen) atoms. The SMILES string of the molecule is N#Cc1ccc(S(=O)(=O)Cl)c(CN)c1C(F)(F)F. The minimum Gasteiger partial charge on any atom is -0.326 e. The molecule has 0 fully saturated rings. The normalized spacial score (nSPS) is 12.2. The van der Waals surface area contributed by atoms with Crippen molar-refractivity contribution in [3.8, 4) is 6.07 Å². The van der Waals surface area contributed by atoms with Crippen LogP contribution < -0.4 is 5.73 Å². The Morgan fingerprint density at radius 2 is 1.94 bits per heavy atom. The maximum Gasteiger partial charge on any atom is 0.418 e. The van der Waals surface area contributed by atoms with Crippen molar-refractivity contribution in [3.63, 3.8) is 0 Å². The second-order valence-electron chi connectivity index (χ2n) is 3.22. The second-order valence-corrected chi connectivity index (χ2v) is 5.75. The standard InChI is InChI=1S/C9H6ClF3N2O2S/c10-18(16,17)7-2-1-5(3-14)8(6(7)4-15)9(11,12)13/h1-2H,4,15H2. The van der Waals surface area contributed by atoms with Gasteiger partial charge in [-0.3, -0.25) is 0 Å². The quantitative estimate of drug-likeness (QED) is 0.846. The van der Waals surface area contributed by atoms with E-state index in [4.69, 9.17) is 21.7 Å². The van der Waals surface area contributed by atoms with E-state index < -0.39 is 43.4 Å². The molecule has 0 heterocycles. The molecule has 9 heteroatoms. The van der Waals surface area contributed by atoms with Crippen LogP contribution in [0.5, 0.6) is 0 Å². The van der Waals surface area contributed by atoms with Gasteiger partial charge in [0.05, 0.1) is 22.1 Å². The molecule has 0 aliphatic rings. The average molecular weight is 299 g/mol. The van der Waals surface area contributed by atoms with Crippen LogP contribution in [0, 0.1) is 11.3 Å². The fourth-order valence-electron chi connectivity index (χ4n) is 1.48. The lowest BCUT2D eigenvalue weighted by atomic mass is 10.0. The van der Waals surface area contributed by atoms with Gasteiger partial charge in [-0.25, -0.2) is 8.42 Å². The maximum atomic E-state index is 12.8. The first-order valence-electron chi connectivity index (χ1n) is 4.40. The predicted molar refractivity (Wildman–Crippen MR) is 57.1 cm³/mol. The zero-order valence-corrected chi connectivity index (χ0v) is 10.2. The van der Waals surface area contributed by atoms with Gasteiger partial charge >= 0.3 is 6.18 Å². The van der Waals surface area contributed by atoms with Gasteiger partial charge in [0.25, 0.3) is 9.05 Å². The van der Waals surface area contributed by atoms with Crippen LogP contribution in [-0.4, -0.2) is 8.42 Å². The zero-order valence-electron chi connectivity index (χ0n) is 8.62. The van der Waals surface area contributed by atoms with Gasteiger partial charge in [0.1, 0.15) is 0 Å². The lowest BCUT2D eigenvalue weighted by Gasteiger charge is -2.15. The maximum absolute atomic E-state index is 12.8. The molecule has 0 saturated heterocycles. The molecule has 0 aliphatic heterocycles. The topological polar surface area (TPSA) is 84.0 Å². The molecule has 1 aromatic carbocycles. The number of benzene rings is 1. The summed E-state index contributed by atoms with van der Waals surface area (Å²) in [6, 6.07) is 2.92. The van der Waals surface area contributed by atoms with Crippen molar-refractivity contribution in [2.75, 3.05) is 0 Å². The summed E-state index contributed by atoms with van der Waals surface area (Å²) in [7, 11) is 0.656. The van der Waals surface area contributed by atoms with Crippen LogP contribution in [0.2, 0.25) is 0 Å². The Bertz CT molecular complexity index is 620. The van der Waals surface area contributed by atoms with Crippen molar-refractivity contribution in [2.24, 2.45) is 5.73 Å². The van der Waals surface area contributed by atoms with Crippen molar-refractivity contribution in [3.05, 3.63) is 28.8 Å². The predicted octanol–water partition coefficient (Wildman–Crippen LogP) is 1.96. The summed E-state index contributed by atoms with van der Waals surface area (Å²) in [5.41, 5.74) is 2.36. The van der Waals surface area contributed by atoms with Crippen LogP contribution in [0.15, 0.2) is 17.0 Å². The third kappa shape index (κ3) is 2.75. The summed E-state index contributed by atoms with van der Waals surface area (Å²) in [5.74, 6) is 0. The lowest BCUT2D eigenvalue weighted by molar-refractivity contribution is -0.138. The highest BCUT2D eigenvalue weighted by atomic mass is 35.7. The van der Waals surface area contributed by atoms with Crippen molar-refractivity contribution in [2.45, 2.75) is 17.6 Å². The molecule has 0 atom stereocenters. The molecule has 0 radical (unpaired) electrons. The Morgan fingerprint density at radius 1 is 1.39 bits per heavy atom. The van der Waals surface area contributed by atoms with E-state index in [-0.39, 0.29) is 0 Å². The molecule has 0 amide bonds. The van der Waals surface area contributed by atoms with Crippen LogP contribution in [0.1, 0.15) is 16.7 Å². The van der Waals surface area contributed by atoms with Gasteiger partial charge in [0.2, 0.25) is 0 Å². The van der Waals surface area contributed by atoms with Gasteiger partial charge < -0.3 is 5.73 Å². The Morgan fingerprint density at radius 3 is 2.28 bits per heavy atom. The monoisotopic (exact) mass is 298 g/mol. The molecule has 0 saturated carbocycles. The van der Waals surface area contributed by atoms with E-state index in [2.05, 4.69) is 0 Å². The first kappa shape index (κ1) is 14.8. The Balaban J connectivity index is 3.82. The first-order chi connectivity index (χ1) is 8.12. The number of halogens is 4. The van der Waals surface area contributed by atoms with E-state index in [1.807, 2.05) is 0 Å². The van der Waals surface area contributed by atoms with Crippen LogP contribution in [0.25, 0.3) is 0 Å². The molecular weight excluding hydrogens is 293 g/mol. The third-order valence-corrected chi connectivity index (χ3v) is 3.55. The number of nitriles is 1. The summed E-state index contributed by atoms with van der Waals surface area (Å²) in [4.78, 5) is -0.738. The molecule has 0 spiro atoms. The van der Waals surface area contributed by atoms with Gasteiger partial charge in [-0.2, -0.15) is 18.4 Å². The summed E-state index contributed by atoms with van der Waals surface area (Å²) in [6.07, 6.45) is -4.89. The highest BCUT2D eigenvalue weighted by Crippen LogP contribution is 2.37. The highest BCUT2D eigenvalue weighted by Gasteiger charge is 2.38. The smallest absolute Gasteiger partial charge is 0.326 e. The van der Waals surface area contributed by atoms with Crippen LogP contribution >= 0.6 is 10.7 Å². The van der Waals surface area contributed by atoms with E-state index >= 15 is 0 Å². The fourth-order valence-corrected chi connectivity index (χ4v) is 2.62. The number of rotatable bonds is 2. The molecule has 0 bridgehead atoms. The zero-order chi connectivity index (χ0) is 14.1. The molecule has 1 aromatic rings. The van der Waals surface area contributed by atoms with E-state index in [0.29, 0.717) is 0 Å². The number of nitrogens with zero attached hydrogens (tertiary/aromatic N) is 1. The molecule has 2 N–H and O–H groups in total. The van der Waals surface area contributed by atoms with Gasteiger partial charge in [-0.05, 0) is 17.7 Å². The van der Waals surface area contributed by atoms with E-state index in [0.717, 1.165) is 12.1 Å². The van der Waals surface area contributed by atoms with E-state index in [1.54, 1.807) is 0 Å². The van der Waals surface area contributed by atoms with Crippen molar-refractivity contribution < 1.29 is 21.6 Å². The molecule has 1 rings (SSSR count). The summed E-state index contributed by atoms with van der Waals surface area (Å²) >= 11 is 0. The Kier molecular flexibility index (Phi) is 3.90. The number of alkyl halides is 3. The molecule has 0 aromatic heterocycles. The van der Waals surface area contributed by atoms with E-state index in [1.165, 1.54) is 6.07 Å². The second kappa shape index (κ2) is 4.76. The first-order valence-corrected chi connectivity index (χ1v) is 6.71. The highest BCUT2D eigenvalue weighted by molar-refractivity contribution is 8.13.